The smallest absolute Gasteiger partial charge is 0.126 e. The summed E-state index contributed by atoms with van der Waals surface area (Å²) in [6, 6.07) is 12.9. The van der Waals surface area contributed by atoms with Crippen LogP contribution in [0, 0.1) is 12.8 Å². The van der Waals surface area contributed by atoms with Gasteiger partial charge in [0.2, 0.25) is 0 Å². The van der Waals surface area contributed by atoms with Gasteiger partial charge in [-0.25, -0.2) is 0 Å². The van der Waals surface area contributed by atoms with E-state index in [-0.39, 0.29) is 0 Å². The summed E-state index contributed by atoms with van der Waals surface area (Å²) >= 11 is 0. The highest BCUT2D eigenvalue weighted by atomic mass is 16.5. The molecule has 0 saturated carbocycles. The number of hydrogen-bond acceptors (Lipinski definition) is 2. The molecule has 4 heteroatoms. The number of nitrogens with one attached hydrogen (secondary N) is 1. The van der Waals surface area contributed by atoms with Gasteiger partial charge in [-0.15, -0.1) is 0 Å². The van der Waals surface area contributed by atoms with Gasteiger partial charge in [0.1, 0.15) is 19.2 Å². The average Bonchev–Trinajstić information content (AvgIpc) is 3.02. The number of ether oxygens (including phenoxy) is 1. The summed E-state index contributed by atoms with van der Waals surface area (Å²) in [6.07, 6.45) is 2.91. The van der Waals surface area contributed by atoms with E-state index in [2.05, 4.69) is 67.9 Å². The molecule has 4 nitrogen and oxygen atoms in total. The molecule has 2 aromatic rings. The molecule has 0 bridgehead atoms. The van der Waals surface area contributed by atoms with E-state index in [1.807, 2.05) is 0 Å². The monoisotopic (exact) mass is 359 g/mol. The van der Waals surface area contributed by atoms with Gasteiger partial charge in [0.25, 0.3) is 0 Å². The Kier molecular flexibility index (Phi) is 8.36. The Bertz CT molecular complexity index is 651. The molecule has 0 aliphatic carbocycles. The first kappa shape index (κ1) is 20.7. The highest BCUT2D eigenvalue weighted by Gasteiger charge is 2.18. The van der Waals surface area contributed by atoms with Crippen LogP contribution in [-0.2, 0) is 17.8 Å². The number of aliphatic hydroxyl groups is 1. The molecule has 2 atom stereocenters. The van der Waals surface area contributed by atoms with Crippen LogP contribution < -0.4 is 4.90 Å². The lowest BCUT2D eigenvalue weighted by Crippen LogP contribution is -3.12. The lowest BCUT2D eigenvalue weighted by atomic mass is 10.1. The van der Waals surface area contributed by atoms with Gasteiger partial charge < -0.3 is 19.3 Å². The summed E-state index contributed by atoms with van der Waals surface area (Å²) in [6.45, 7) is 10.7. The van der Waals surface area contributed by atoms with Gasteiger partial charge in [-0.1, -0.05) is 38.1 Å². The van der Waals surface area contributed by atoms with Gasteiger partial charge in [-0.3, -0.25) is 0 Å². The maximum Gasteiger partial charge on any atom is 0.126 e. The fourth-order valence-corrected chi connectivity index (χ4v) is 3.33. The molecule has 0 spiro atoms. The number of aryl methyl sites for hydroxylation is 1. The highest BCUT2D eigenvalue weighted by Crippen LogP contribution is 2.11. The molecule has 26 heavy (non-hydrogen) atoms. The topological polar surface area (TPSA) is 38.8 Å². The van der Waals surface area contributed by atoms with Crippen molar-refractivity contribution in [1.82, 2.24) is 4.57 Å². The quantitative estimate of drug-likeness (QED) is 0.646. The van der Waals surface area contributed by atoms with E-state index in [1.54, 1.807) is 7.11 Å². The van der Waals surface area contributed by atoms with E-state index in [9.17, 15) is 5.11 Å². The molecule has 1 unspecified atom stereocenters. The van der Waals surface area contributed by atoms with Crippen LogP contribution >= 0.6 is 0 Å². The fraction of sp³-hybridized carbons (Fsp3) is 0.545. The van der Waals surface area contributed by atoms with E-state index in [1.165, 1.54) is 21.7 Å². The minimum atomic E-state index is -0.415. The zero-order chi connectivity index (χ0) is 18.9. The molecule has 0 fully saturated rings. The summed E-state index contributed by atoms with van der Waals surface area (Å²) in [4.78, 5) is 1.41. The second-order valence-electron chi connectivity index (χ2n) is 7.73. The molecule has 2 N–H and O–H groups in total. The van der Waals surface area contributed by atoms with Crippen LogP contribution in [0.15, 0.2) is 42.6 Å². The minimum absolute atomic E-state index is 0.398. The number of aliphatic hydroxyl groups excluding tert-OH is 1. The second-order valence-corrected chi connectivity index (χ2v) is 7.73. The van der Waals surface area contributed by atoms with Gasteiger partial charge in [0, 0.05) is 19.9 Å². The van der Waals surface area contributed by atoms with Gasteiger partial charge in [-0.2, -0.15) is 0 Å². The molecular weight excluding hydrogens is 324 g/mol. The first-order chi connectivity index (χ1) is 12.5. The van der Waals surface area contributed by atoms with E-state index in [0.29, 0.717) is 12.5 Å². The number of quaternary nitrogens is 1. The number of nitrogens with zero attached hydrogens (tertiary/aromatic N) is 1. The van der Waals surface area contributed by atoms with Crippen molar-refractivity contribution < 1.29 is 14.7 Å². The maximum absolute atomic E-state index is 10.2. The van der Waals surface area contributed by atoms with Crippen molar-refractivity contribution in [1.29, 1.82) is 0 Å². The summed E-state index contributed by atoms with van der Waals surface area (Å²) in [5.74, 6) is 0.670. The summed E-state index contributed by atoms with van der Waals surface area (Å²) in [7, 11) is 1.64. The summed E-state index contributed by atoms with van der Waals surface area (Å²) in [5, 5.41) is 10.2. The first-order valence-corrected chi connectivity index (χ1v) is 9.68. The van der Waals surface area contributed by atoms with Gasteiger partial charge in [-0.05, 0) is 42.5 Å². The van der Waals surface area contributed by atoms with E-state index >= 15 is 0 Å². The predicted molar refractivity (Wildman–Crippen MR) is 106 cm³/mol. The van der Waals surface area contributed by atoms with Crippen LogP contribution in [0.4, 0.5) is 0 Å². The number of methoxy groups -OCH3 is 1. The largest absolute Gasteiger partial charge is 0.385 e. The molecule has 0 aliphatic heterocycles. The molecule has 1 heterocycles. The van der Waals surface area contributed by atoms with Crippen LogP contribution in [0.1, 0.15) is 37.1 Å². The summed E-state index contributed by atoms with van der Waals surface area (Å²) < 4.78 is 7.45. The van der Waals surface area contributed by atoms with Crippen molar-refractivity contribution >= 4 is 0 Å². The maximum atomic E-state index is 10.2. The van der Waals surface area contributed by atoms with E-state index < -0.39 is 6.10 Å². The average molecular weight is 360 g/mol. The highest BCUT2D eigenvalue weighted by molar-refractivity contribution is 5.26. The van der Waals surface area contributed by atoms with Crippen LogP contribution in [0.2, 0.25) is 0 Å². The Balaban J connectivity index is 2.07. The first-order valence-electron chi connectivity index (χ1n) is 9.68. The van der Waals surface area contributed by atoms with Crippen molar-refractivity contribution in [2.45, 2.75) is 46.4 Å². The van der Waals surface area contributed by atoms with Crippen LogP contribution in [0.5, 0.6) is 0 Å². The van der Waals surface area contributed by atoms with Crippen LogP contribution in [0.25, 0.3) is 0 Å². The van der Waals surface area contributed by atoms with Crippen molar-refractivity contribution in [3.8, 4) is 0 Å². The molecule has 144 valence electrons. The van der Waals surface area contributed by atoms with Crippen LogP contribution in [0.3, 0.4) is 0 Å². The molecular formula is C22H35N2O2+. The molecule has 0 radical (unpaired) electrons. The molecule has 1 aromatic carbocycles. The minimum Gasteiger partial charge on any atom is -0.385 e. The molecule has 0 aliphatic rings. The lowest BCUT2D eigenvalue weighted by Gasteiger charge is -2.24. The Hall–Kier alpha value is -1.62. The number of hydrogen-bond donors (Lipinski definition) is 2. The third-order valence-corrected chi connectivity index (χ3v) is 4.92. The third-order valence-electron chi connectivity index (χ3n) is 4.92. The normalized spacial score (nSPS) is 13.9. The van der Waals surface area contributed by atoms with Gasteiger partial charge in [0.15, 0.2) is 0 Å². The Morgan fingerprint density at radius 2 is 1.92 bits per heavy atom. The lowest BCUT2D eigenvalue weighted by molar-refractivity contribution is -0.917. The number of benzene rings is 1. The SMILES string of the molecule is COC[C@@H](O)C[NH+](CCC(C)C)Cc1cccn1Cc1ccccc1C. The van der Waals surface area contributed by atoms with E-state index in [0.717, 1.165) is 32.6 Å². The Morgan fingerprint density at radius 3 is 2.62 bits per heavy atom. The van der Waals surface area contributed by atoms with Crippen molar-refractivity contribution in [3.05, 3.63) is 59.4 Å². The number of rotatable bonds is 11. The molecule has 2 rings (SSSR count). The van der Waals surface area contributed by atoms with Crippen molar-refractivity contribution in [2.24, 2.45) is 5.92 Å². The fourth-order valence-electron chi connectivity index (χ4n) is 3.33. The number of aromatic nitrogens is 1. The molecule has 1 aromatic heterocycles. The molecule has 0 amide bonds. The Morgan fingerprint density at radius 1 is 1.15 bits per heavy atom. The Labute approximate surface area is 158 Å². The predicted octanol–water partition coefficient (Wildman–Crippen LogP) is 2.28. The van der Waals surface area contributed by atoms with E-state index in [4.69, 9.17) is 4.74 Å². The van der Waals surface area contributed by atoms with Crippen molar-refractivity contribution in [3.63, 3.8) is 0 Å². The van der Waals surface area contributed by atoms with Crippen molar-refractivity contribution in [2.75, 3.05) is 26.8 Å². The van der Waals surface area contributed by atoms with Gasteiger partial charge in [0.05, 0.1) is 18.8 Å². The summed E-state index contributed by atoms with van der Waals surface area (Å²) in [5.41, 5.74) is 4.00. The zero-order valence-corrected chi connectivity index (χ0v) is 16.7. The van der Waals surface area contributed by atoms with Crippen LogP contribution in [-0.4, -0.2) is 42.6 Å². The third kappa shape index (κ3) is 6.60. The van der Waals surface area contributed by atoms with Gasteiger partial charge >= 0.3 is 0 Å². The standard InChI is InChI=1S/C22H34N2O2/c1-18(2)11-13-23(16-22(25)17-26-4)15-21-10-7-12-24(21)14-20-9-6-5-8-19(20)3/h5-10,12,18,22,25H,11,13-17H2,1-4H3/p+1/t22-/m0/s1. The molecule has 0 saturated heterocycles. The second kappa shape index (κ2) is 10.5. The zero-order valence-electron chi connectivity index (χ0n) is 16.7.